The number of ether oxygens (including phenoxy) is 1. The van der Waals surface area contributed by atoms with Crippen LogP contribution >= 0.6 is 15.9 Å². The predicted octanol–water partition coefficient (Wildman–Crippen LogP) is 2.63. The Balaban J connectivity index is 2.68. The van der Waals surface area contributed by atoms with Gasteiger partial charge in [0.05, 0.1) is 11.6 Å². The Labute approximate surface area is 105 Å². The first-order valence-corrected chi connectivity index (χ1v) is 5.69. The van der Waals surface area contributed by atoms with Crippen molar-refractivity contribution < 1.29 is 19.0 Å². The van der Waals surface area contributed by atoms with Crippen molar-refractivity contribution in [3.05, 3.63) is 21.9 Å². The monoisotopic (exact) mass is 301 g/mol. The average Bonchev–Trinajstić information content (AvgIpc) is 3.05. The molecule has 0 atom stereocenters. The third kappa shape index (κ3) is 1.83. The average molecular weight is 302 g/mol. The highest BCUT2D eigenvalue weighted by Crippen LogP contribution is 2.56. The summed E-state index contributed by atoms with van der Waals surface area (Å²) < 4.78 is 18.6. The Morgan fingerprint density at radius 2 is 2.29 bits per heavy atom. The van der Waals surface area contributed by atoms with Gasteiger partial charge in [-0.3, -0.25) is 0 Å². The lowest BCUT2D eigenvalue weighted by Crippen LogP contribution is -2.06. The van der Waals surface area contributed by atoms with Crippen LogP contribution in [0.2, 0.25) is 0 Å². The van der Waals surface area contributed by atoms with Crippen LogP contribution in [0.5, 0.6) is 11.5 Å². The van der Waals surface area contributed by atoms with Gasteiger partial charge in [0, 0.05) is 11.6 Å². The number of hydrogen-bond acceptors (Lipinski definition) is 4. The summed E-state index contributed by atoms with van der Waals surface area (Å²) in [7, 11) is 1.33. The van der Waals surface area contributed by atoms with E-state index in [1.807, 2.05) is 0 Å². The van der Waals surface area contributed by atoms with Gasteiger partial charge in [0.2, 0.25) is 6.08 Å². The summed E-state index contributed by atoms with van der Waals surface area (Å²) in [5.74, 6) is -0.743. The molecule has 1 fully saturated rings. The first kappa shape index (κ1) is 12.1. The molecule has 0 saturated heterocycles. The molecule has 1 aromatic carbocycles. The van der Waals surface area contributed by atoms with Gasteiger partial charge in [-0.1, -0.05) is 0 Å². The zero-order valence-corrected chi connectivity index (χ0v) is 10.5. The fraction of sp³-hybridized carbons (Fsp3) is 0.364. The highest BCUT2D eigenvalue weighted by molar-refractivity contribution is 9.10. The molecular formula is C11H9BrFNO3. The third-order valence-corrected chi connectivity index (χ3v) is 3.60. The van der Waals surface area contributed by atoms with Crippen molar-refractivity contribution in [2.24, 2.45) is 4.99 Å². The number of aliphatic imine (C=N–C) groups is 1. The molecular weight excluding hydrogens is 293 g/mol. The minimum atomic E-state index is -0.861. The highest BCUT2D eigenvalue weighted by atomic mass is 79.9. The summed E-state index contributed by atoms with van der Waals surface area (Å²) in [5.41, 5.74) is -0.613. The van der Waals surface area contributed by atoms with Crippen molar-refractivity contribution in [3.8, 4) is 11.5 Å². The van der Waals surface area contributed by atoms with Gasteiger partial charge in [0.15, 0.2) is 11.5 Å². The number of carbonyl (C=O) groups excluding carboxylic acids is 1. The molecule has 6 heteroatoms. The topological polar surface area (TPSA) is 58.9 Å². The van der Waals surface area contributed by atoms with Crippen LogP contribution in [-0.2, 0) is 10.3 Å². The van der Waals surface area contributed by atoms with E-state index in [0.29, 0.717) is 12.8 Å². The molecule has 0 unspecified atom stereocenters. The van der Waals surface area contributed by atoms with Gasteiger partial charge in [0.1, 0.15) is 11.4 Å². The van der Waals surface area contributed by atoms with E-state index in [9.17, 15) is 14.3 Å². The summed E-state index contributed by atoms with van der Waals surface area (Å²) in [4.78, 5) is 14.0. The van der Waals surface area contributed by atoms with E-state index in [2.05, 4.69) is 20.9 Å². The van der Waals surface area contributed by atoms with Crippen LogP contribution in [0.15, 0.2) is 15.5 Å². The molecule has 4 nitrogen and oxygen atoms in total. The number of isocyanates is 1. The van der Waals surface area contributed by atoms with Gasteiger partial charge >= 0.3 is 0 Å². The molecule has 1 N–H and O–H groups in total. The molecule has 1 aliphatic rings. The van der Waals surface area contributed by atoms with E-state index < -0.39 is 11.4 Å². The number of benzene rings is 1. The molecule has 0 bridgehead atoms. The largest absolute Gasteiger partial charge is 0.504 e. The van der Waals surface area contributed by atoms with Crippen LogP contribution in [0.3, 0.4) is 0 Å². The number of phenols is 1. The van der Waals surface area contributed by atoms with Gasteiger partial charge in [-0.05, 0) is 28.8 Å². The van der Waals surface area contributed by atoms with Crippen LogP contribution in [-0.4, -0.2) is 18.3 Å². The van der Waals surface area contributed by atoms with Gasteiger partial charge < -0.3 is 9.84 Å². The first-order valence-electron chi connectivity index (χ1n) is 4.90. The second kappa shape index (κ2) is 4.13. The van der Waals surface area contributed by atoms with Crippen LogP contribution in [0.4, 0.5) is 4.39 Å². The summed E-state index contributed by atoms with van der Waals surface area (Å²) in [6, 6.07) is 1.07. The molecule has 1 aliphatic carbocycles. The summed E-state index contributed by atoms with van der Waals surface area (Å²) >= 11 is 3.06. The molecule has 0 spiro atoms. The molecule has 17 heavy (non-hydrogen) atoms. The smallest absolute Gasteiger partial charge is 0.235 e. The standard InChI is InChI=1S/C11H9BrFNO3/c1-17-7-4-6(13)9(12)8(10(7)16)11(2-3-11)14-5-15/h4,16H,2-3H2,1H3. The number of aromatic hydroxyl groups is 1. The van der Waals surface area contributed by atoms with E-state index in [1.54, 1.807) is 0 Å². The number of nitrogens with zero attached hydrogens (tertiary/aromatic N) is 1. The minimum absolute atomic E-state index is 0.0214. The Kier molecular flexibility index (Phi) is 2.93. The van der Waals surface area contributed by atoms with E-state index in [-0.39, 0.29) is 21.5 Å². The predicted molar refractivity (Wildman–Crippen MR) is 61.4 cm³/mol. The lowest BCUT2D eigenvalue weighted by atomic mass is 10.0. The molecule has 0 aromatic heterocycles. The van der Waals surface area contributed by atoms with Gasteiger partial charge in [-0.2, -0.15) is 4.99 Å². The quantitative estimate of drug-likeness (QED) is 0.690. The Morgan fingerprint density at radius 3 is 2.76 bits per heavy atom. The van der Waals surface area contributed by atoms with Crippen molar-refractivity contribution in [1.82, 2.24) is 0 Å². The molecule has 0 heterocycles. The van der Waals surface area contributed by atoms with Gasteiger partial charge in [-0.15, -0.1) is 0 Å². The molecule has 0 amide bonds. The number of phenolic OH excluding ortho intramolecular Hbond substituents is 1. The van der Waals surface area contributed by atoms with Crippen LogP contribution < -0.4 is 4.74 Å². The Hall–Kier alpha value is -1.39. The van der Waals surface area contributed by atoms with Gasteiger partial charge in [0.25, 0.3) is 0 Å². The molecule has 1 saturated carbocycles. The Morgan fingerprint density at radius 1 is 1.65 bits per heavy atom. The highest BCUT2D eigenvalue weighted by Gasteiger charge is 2.49. The van der Waals surface area contributed by atoms with E-state index in [1.165, 1.54) is 13.2 Å². The van der Waals surface area contributed by atoms with Crippen molar-refractivity contribution in [1.29, 1.82) is 0 Å². The van der Waals surface area contributed by atoms with Crippen molar-refractivity contribution in [2.45, 2.75) is 18.4 Å². The van der Waals surface area contributed by atoms with Crippen molar-refractivity contribution >= 4 is 22.0 Å². The van der Waals surface area contributed by atoms with Crippen LogP contribution in [0, 0.1) is 5.82 Å². The first-order chi connectivity index (χ1) is 8.05. The van der Waals surface area contributed by atoms with Crippen molar-refractivity contribution in [3.63, 3.8) is 0 Å². The van der Waals surface area contributed by atoms with E-state index in [0.717, 1.165) is 6.07 Å². The Bertz CT molecular complexity index is 522. The van der Waals surface area contributed by atoms with E-state index in [4.69, 9.17) is 4.74 Å². The minimum Gasteiger partial charge on any atom is -0.504 e. The normalized spacial score (nSPS) is 16.2. The third-order valence-electron chi connectivity index (χ3n) is 2.83. The molecule has 1 aromatic rings. The molecule has 2 rings (SSSR count). The fourth-order valence-corrected chi connectivity index (χ4v) is 2.47. The molecule has 0 aliphatic heterocycles. The van der Waals surface area contributed by atoms with Crippen LogP contribution in [0.1, 0.15) is 18.4 Å². The lowest BCUT2D eigenvalue weighted by Gasteiger charge is -2.16. The molecule has 90 valence electrons. The van der Waals surface area contributed by atoms with Crippen molar-refractivity contribution in [2.75, 3.05) is 7.11 Å². The zero-order valence-electron chi connectivity index (χ0n) is 8.96. The van der Waals surface area contributed by atoms with E-state index >= 15 is 0 Å². The SMILES string of the molecule is COc1cc(F)c(Br)c(C2(N=C=O)CC2)c1O. The second-order valence-corrected chi connectivity index (χ2v) is 4.63. The second-order valence-electron chi connectivity index (χ2n) is 3.83. The number of halogens is 2. The maximum atomic E-state index is 13.6. The van der Waals surface area contributed by atoms with Crippen LogP contribution in [0.25, 0.3) is 0 Å². The maximum absolute atomic E-state index is 13.6. The summed E-state index contributed by atoms with van der Waals surface area (Å²) in [5, 5.41) is 9.98. The maximum Gasteiger partial charge on any atom is 0.235 e. The number of rotatable bonds is 3. The van der Waals surface area contributed by atoms with Gasteiger partial charge in [-0.25, -0.2) is 9.18 Å². The summed E-state index contributed by atoms with van der Waals surface area (Å²) in [6.07, 6.45) is 2.60. The number of methoxy groups -OCH3 is 1. The molecule has 0 radical (unpaired) electrons. The number of hydrogen-bond donors (Lipinski definition) is 1. The lowest BCUT2D eigenvalue weighted by molar-refractivity contribution is 0.363. The summed E-state index contributed by atoms with van der Waals surface area (Å²) in [6.45, 7) is 0. The fourth-order valence-electron chi connectivity index (χ4n) is 1.80. The zero-order chi connectivity index (χ0) is 12.6.